The van der Waals surface area contributed by atoms with Crippen molar-refractivity contribution >= 4 is 15.9 Å². The van der Waals surface area contributed by atoms with Gasteiger partial charge in [-0.15, -0.1) is 0 Å². The van der Waals surface area contributed by atoms with Crippen molar-refractivity contribution in [3.05, 3.63) is 91.7 Å². The van der Waals surface area contributed by atoms with Gasteiger partial charge < -0.3 is 4.57 Å². The Hall–Kier alpha value is -2.34. The molecule has 0 radical (unpaired) electrons. The Labute approximate surface area is 163 Å². The molecule has 2 nitrogen and oxygen atoms in total. The summed E-state index contributed by atoms with van der Waals surface area (Å²) in [7, 11) is 0. The molecule has 0 N–H and O–H groups in total. The molecule has 3 aromatic rings. The summed E-state index contributed by atoms with van der Waals surface area (Å²) in [6.07, 6.45) is -4.58. The van der Waals surface area contributed by atoms with Gasteiger partial charge in [0, 0.05) is 10.5 Å². The summed E-state index contributed by atoms with van der Waals surface area (Å²) >= 11 is 3.32. The molecule has 3 rings (SSSR count). The number of rotatable bonds is 3. The maximum Gasteiger partial charge on any atom is 0.416 e. The van der Waals surface area contributed by atoms with Crippen LogP contribution >= 0.6 is 15.9 Å². The van der Waals surface area contributed by atoms with Crippen molar-refractivity contribution in [2.75, 3.05) is 0 Å². The minimum absolute atomic E-state index is 0.203. The first-order chi connectivity index (χ1) is 12.6. The number of nitrogens with zero attached hydrogens (tertiary/aromatic N) is 1. The van der Waals surface area contributed by atoms with Gasteiger partial charge in [0.1, 0.15) is 0 Å². The normalized spacial score (nSPS) is 11.6. The number of aryl methyl sites for hydroxylation is 2. The lowest BCUT2D eigenvalue weighted by molar-refractivity contribution is -0.137. The average Bonchev–Trinajstić information content (AvgIpc) is 2.58. The molecule has 1 heterocycles. The van der Waals surface area contributed by atoms with E-state index in [4.69, 9.17) is 0 Å². The highest BCUT2D eigenvalue weighted by Gasteiger charge is 2.32. The molecule has 0 fully saturated rings. The molecule has 27 heavy (non-hydrogen) atoms. The van der Waals surface area contributed by atoms with E-state index < -0.39 is 17.3 Å². The van der Waals surface area contributed by atoms with Crippen LogP contribution in [0.2, 0.25) is 0 Å². The van der Waals surface area contributed by atoms with Crippen molar-refractivity contribution in [3.8, 4) is 11.3 Å². The van der Waals surface area contributed by atoms with Crippen molar-refractivity contribution in [1.82, 2.24) is 4.57 Å². The van der Waals surface area contributed by atoms with Crippen LogP contribution in [0, 0.1) is 13.8 Å². The first-order valence-corrected chi connectivity index (χ1v) is 9.08. The van der Waals surface area contributed by atoms with Crippen molar-refractivity contribution in [1.29, 1.82) is 0 Å². The summed E-state index contributed by atoms with van der Waals surface area (Å²) in [5.41, 5.74) is 2.13. The average molecular weight is 436 g/mol. The van der Waals surface area contributed by atoms with Crippen molar-refractivity contribution < 1.29 is 13.2 Å². The van der Waals surface area contributed by atoms with Gasteiger partial charge in [-0.3, -0.25) is 4.79 Å². The van der Waals surface area contributed by atoms with Crippen molar-refractivity contribution in [3.63, 3.8) is 0 Å². The third kappa shape index (κ3) is 4.33. The largest absolute Gasteiger partial charge is 0.416 e. The Morgan fingerprint density at radius 1 is 0.963 bits per heavy atom. The van der Waals surface area contributed by atoms with Crippen LogP contribution in [0.15, 0.2) is 63.9 Å². The van der Waals surface area contributed by atoms with Gasteiger partial charge in [0.05, 0.1) is 17.8 Å². The fourth-order valence-electron chi connectivity index (χ4n) is 2.98. The van der Waals surface area contributed by atoms with Crippen LogP contribution < -0.4 is 5.56 Å². The van der Waals surface area contributed by atoms with Gasteiger partial charge in [0.25, 0.3) is 5.56 Å². The predicted octanol–water partition coefficient (Wildman–Crippen LogP) is 5.96. The monoisotopic (exact) mass is 435 g/mol. The fourth-order valence-corrected chi connectivity index (χ4v) is 3.24. The zero-order valence-electron chi connectivity index (χ0n) is 14.8. The summed E-state index contributed by atoms with van der Waals surface area (Å²) in [5, 5.41) is 0. The molecule has 0 aliphatic heterocycles. The second-order valence-electron chi connectivity index (χ2n) is 6.49. The van der Waals surface area contributed by atoms with E-state index in [0.717, 1.165) is 27.2 Å². The van der Waals surface area contributed by atoms with Gasteiger partial charge in [-0.1, -0.05) is 51.8 Å². The SMILES string of the molecule is Cc1ccc(Cn2c(-c3ccc(Br)cc3)cc(C(F)(F)F)cc2=O)c(C)c1. The summed E-state index contributed by atoms with van der Waals surface area (Å²) in [4.78, 5) is 12.6. The summed E-state index contributed by atoms with van der Waals surface area (Å²) in [5.74, 6) is 0. The van der Waals surface area contributed by atoms with E-state index in [1.54, 1.807) is 24.3 Å². The van der Waals surface area contributed by atoms with E-state index in [-0.39, 0.29) is 12.2 Å². The molecule has 0 saturated carbocycles. The standard InChI is InChI=1S/C21H17BrF3NO/c1-13-3-4-16(14(2)9-13)12-26-19(15-5-7-18(22)8-6-15)10-17(11-20(26)27)21(23,24)25/h3-11H,12H2,1-2H3. The number of benzene rings is 2. The molecule has 0 aliphatic carbocycles. The third-order valence-corrected chi connectivity index (χ3v) is 4.95. The first-order valence-electron chi connectivity index (χ1n) is 8.29. The Kier molecular flexibility index (Phi) is 5.29. The van der Waals surface area contributed by atoms with E-state index in [0.29, 0.717) is 11.6 Å². The molecular formula is C21H17BrF3NO. The van der Waals surface area contributed by atoms with Crippen molar-refractivity contribution in [2.45, 2.75) is 26.6 Å². The predicted molar refractivity (Wildman–Crippen MR) is 104 cm³/mol. The maximum atomic E-state index is 13.2. The number of halogens is 4. The highest BCUT2D eigenvalue weighted by atomic mass is 79.9. The minimum Gasteiger partial charge on any atom is -0.304 e. The zero-order valence-corrected chi connectivity index (χ0v) is 16.4. The van der Waals surface area contributed by atoms with Crippen LogP contribution in [0.25, 0.3) is 11.3 Å². The highest BCUT2D eigenvalue weighted by Crippen LogP contribution is 2.32. The quantitative estimate of drug-likeness (QED) is 0.497. The molecule has 0 unspecified atom stereocenters. The zero-order chi connectivity index (χ0) is 19.8. The molecular weight excluding hydrogens is 419 g/mol. The highest BCUT2D eigenvalue weighted by molar-refractivity contribution is 9.10. The van der Waals surface area contributed by atoms with Gasteiger partial charge in [0.15, 0.2) is 0 Å². The van der Waals surface area contributed by atoms with Crippen LogP contribution in [0.5, 0.6) is 0 Å². The fraction of sp³-hybridized carbons (Fsp3) is 0.190. The van der Waals surface area contributed by atoms with Gasteiger partial charge in [-0.05, 0) is 48.7 Å². The van der Waals surface area contributed by atoms with Gasteiger partial charge >= 0.3 is 6.18 Å². The molecule has 0 saturated heterocycles. The van der Waals surface area contributed by atoms with Crippen LogP contribution in [-0.4, -0.2) is 4.57 Å². The molecule has 0 bridgehead atoms. The number of hydrogen-bond acceptors (Lipinski definition) is 1. The summed E-state index contributed by atoms with van der Waals surface area (Å²) < 4.78 is 41.9. The molecule has 0 amide bonds. The topological polar surface area (TPSA) is 22.0 Å². The third-order valence-electron chi connectivity index (χ3n) is 4.42. The smallest absolute Gasteiger partial charge is 0.304 e. The second kappa shape index (κ2) is 7.35. The van der Waals surface area contributed by atoms with Gasteiger partial charge in [0.2, 0.25) is 0 Å². The van der Waals surface area contributed by atoms with E-state index in [1.165, 1.54) is 4.57 Å². The number of aromatic nitrogens is 1. The van der Waals surface area contributed by atoms with Gasteiger partial charge in [-0.25, -0.2) is 0 Å². The summed E-state index contributed by atoms with van der Waals surface area (Å²) in [6.45, 7) is 4.10. The lowest BCUT2D eigenvalue weighted by Gasteiger charge is -2.17. The molecule has 0 spiro atoms. The van der Waals surface area contributed by atoms with Crippen LogP contribution in [0.4, 0.5) is 13.2 Å². The van der Waals surface area contributed by atoms with Crippen LogP contribution in [0.3, 0.4) is 0 Å². The minimum atomic E-state index is -4.58. The molecule has 0 atom stereocenters. The van der Waals surface area contributed by atoms with Crippen LogP contribution in [-0.2, 0) is 12.7 Å². The Bertz CT molecular complexity index is 1040. The van der Waals surface area contributed by atoms with Crippen LogP contribution in [0.1, 0.15) is 22.3 Å². The Morgan fingerprint density at radius 2 is 1.63 bits per heavy atom. The maximum absolute atomic E-state index is 13.2. The molecule has 1 aromatic heterocycles. The number of pyridine rings is 1. The van der Waals surface area contributed by atoms with E-state index >= 15 is 0 Å². The lowest BCUT2D eigenvalue weighted by Crippen LogP contribution is -2.24. The Morgan fingerprint density at radius 3 is 2.22 bits per heavy atom. The second-order valence-corrected chi connectivity index (χ2v) is 7.40. The number of alkyl halides is 3. The number of hydrogen-bond donors (Lipinski definition) is 0. The van der Waals surface area contributed by atoms with E-state index in [9.17, 15) is 18.0 Å². The lowest BCUT2D eigenvalue weighted by atomic mass is 10.0. The molecule has 0 aliphatic rings. The molecule has 6 heteroatoms. The van der Waals surface area contributed by atoms with Crippen molar-refractivity contribution in [2.24, 2.45) is 0 Å². The molecule has 140 valence electrons. The van der Waals surface area contributed by atoms with E-state index in [1.807, 2.05) is 32.0 Å². The summed E-state index contributed by atoms with van der Waals surface area (Å²) in [6, 6.07) is 14.4. The van der Waals surface area contributed by atoms with Gasteiger partial charge in [-0.2, -0.15) is 13.2 Å². The Balaban J connectivity index is 2.19. The van der Waals surface area contributed by atoms with E-state index in [2.05, 4.69) is 15.9 Å². The first kappa shape index (κ1) is 19.4. The molecule has 2 aromatic carbocycles.